The number of ether oxygens (including phenoxy) is 1. The van der Waals surface area contributed by atoms with E-state index in [9.17, 15) is 24.3 Å². The van der Waals surface area contributed by atoms with Gasteiger partial charge in [0.1, 0.15) is 23.2 Å². The van der Waals surface area contributed by atoms with Crippen molar-refractivity contribution in [3.63, 3.8) is 0 Å². The van der Waals surface area contributed by atoms with Crippen LogP contribution in [0.25, 0.3) is 0 Å². The second kappa shape index (κ2) is 8.85. The van der Waals surface area contributed by atoms with Gasteiger partial charge in [-0.05, 0) is 50.3 Å². The molecule has 2 amide bonds. The summed E-state index contributed by atoms with van der Waals surface area (Å²) >= 11 is 1.42. The Labute approximate surface area is 189 Å². The van der Waals surface area contributed by atoms with Crippen LogP contribution in [-0.4, -0.2) is 63.6 Å². The second-order valence-electron chi connectivity index (χ2n) is 8.24. The Hall–Kier alpha value is -3.01. The molecule has 2 unspecified atom stereocenters. The van der Waals surface area contributed by atoms with Gasteiger partial charge in [-0.3, -0.25) is 14.5 Å². The Kier molecular flexibility index (Phi) is 6.14. The Bertz CT molecular complexity index is 1010. The molecule has 170 valence electrons. The van der Waals surface area contributed by atoms with Crippen molar-refractivity contribution >= 4 is 41.2 Å². The van der Waals surface area contributed by atoms with Gasteiger partial charge in [0.15, 0.2) is 0 Å². The number of benzene rings is 1. The number of hydrogen-bond donors (Lipinski definition) is 3. The maximum atomic E-state index is 12.5. The van der Waals surface area contributed by atoms with Crippen LogP contribution in [-0.2, 0) is 19.1 Å². The van der Waals surface area contributed by atoms with Crippen LogP contribution in [0.4, 0.5) is 5.69 Å². The van der Waals surface area contributed by atoms with E-state index in [0.717, 1.165) is 12.8 Å². The van der Waals surface area contributed by atoms with Gasteiger partial charge in [0.2, 0.25) is 5.91 Å². The quantitative estimate of drug-likeness (QED) is 0.397. The fraction of sp³-hybridized carbons (Fsp3) is 0.455. The summed E-state index contributed by atoms with van der Waals surface area (Å²) < 4.78 is 5.53. The van der Waals surface area contributed by atoms with E-state index < -0.39 is 35.2 Å². The minimum Gasteiger partial charge on any atom is -0.477 e. The fourth-order valence-electron chi connectivity index (χ4n) is 3.88. The third-order valence-corrected chi connectivity index (χ3v) is 7.27. The Morgan fingerprint density at radius 1 is 1.28 bits per heavy atom. The van der Waals surface area contributed by atoms with Crippen molar-refractivity contribution in [1.82, 2.24) is 10.2 Å². The average Bonchev–Trinajstić information content (AvgIpc) is 3.61. The predicted octanol–water partition coefficient (Wildman–Crippen LogP) is 1.81. The van der Waals surface area contributed by atoms with Crippen LogP contribution in [0.5, 0.6) is 0 Å². The number of anilines is 1. The van der Waals surface area contributed by atoms with Crippen molar-refractivity contribution in [2.45, 2.75) is 44.2 Å². The Morgan fingerprint density at radius 3 is 2.69 bits per heavy atom. The third-order valence-electron chi connectivity index (χ3n) is 5.84. The number of hydrogen-bond acceptors (Lipinski definition) is 7. The van der Waals surface area contributed by atoms with Crippen molar-refractivity contribution in [2.75, 3.05) is 17.6 Å². The number of nitrogens with one attached hydrogen (secondary N) is 2. The number of carbonyl (C=O) groups is 4. The zero-order valence-electron chi connectivity index (χ0n) is 17.8. The number of aliphatic carboxylic acids is 1. The van der Waals surface area contributed by atoms with Crippen molar-refractivity contribution in [3.8, 4) is 0 Å². The molecule has 3 atom stereocenters. The highest BCUT2D eigenvalue weighted by Gasteiger charge is 2.53. The highest BCUT2D eigenvalue weighted by Crippen LogP contribution is 2.40. The van der Waals surface area contributed by atoms with Crippen molar-refractivity contribution in [3.05, 3.63) is 41.1 Å². The topological polar surface area (TPSA) is 125 Å². The summed E-state index contributed by atoms with van der Waals surface area (Å²) in [5.41, 5.74) is 1.43. The molecule has 2 aliphatic heterocycles. The zero-order valence-corrected chi connectivity index (χ0v) is 18.6. The summed E-state index contributed by atoms with van der Waals surface area (Å²) in [6.07, 6.45) is 1.98. The highest BCUT2D eigenvalue weighted by molar-refractivity contribution is 8.00. The number of thioether (sulfide) groups is 1. The highest BCUT2D eigenvalue weighted by atomic mass is 32.2. The zero-order chi connectivity index (χ0) is 23.0. The third kappa shape index (κ3) is 4.32. The largest absolute Gasteiger partial charge is 0.477 e. The van der Waals surface area contributed by atoms with E-state index >= 15 is 0 Å². The normalized spacial score (nSPS) is 23.1. The molecule has 10 heteroatoms. The molecule has 9 nitrogen and oxygen atoms in total. The molecular weight excluding hydrogens is 434 g/mol. The van der Waals surface area contributed by atoms with Crippen LogP contribution >= 0.6 is 11.8 Å². The van der Waals surface area contributed by atoms with Crippen LogP contribution in [0.2, 0.25) is 0 Å². The number of amides is 2. The first-order valence-corrected chi connectivity index (χ1v) is 11.5. The molecule has 1 aromatic rings. The minimum atomic E-state index is -1.15. The van der Waals surface area contributed by atoms with Gasteiger partial charge in [-0.25, -0.2) is 9.59 Å². The Balaban J connectivity index is 1.34. The molecule has 1 aliphatic carbocycles. The lowest BCUT2D eigenvalue weighted by Crippen LogP contribution is -2.70. The van der Waals surface area contributed by atoms with Crippen molar-refractivity contribution in [1.29, 1.82) is 0 Å². The first kappa shape index (κ1) is 22.2. The summed E-state index contributed by atoms with van der Waals surface area (Å²) in [6.45, 7) is 3.42. The summed E-state index contributed by atoms with van der Waals surface area (Å²) in [5, 5.41) is 14.6. The lowest BCUT2D eigenvalue weighted by atomic mass is 10.0. The van der Waals surface area contributed by atoms with E-state index in [1.54, 1.807) is 31.2 Å². The smallest absolute Gasteiger partial charge is 0.352 e. The van der Waals surface area contributed by atoms with E-state index in [1.807, 2.05) is 6.92 Å². The van der Waals surface area contributed by atoms with E-state index in [-0.39, 0.29) is 18.3 Å². The SMILES string of the molecule is CC1=C(C(=O)O)N2C(=O)C(NC(=O)CNc3ccccc3C(=O)OC(C)C3CC3)[C@H]2SC1. The number of carboxylic acid groups (broad SMARTS) is 1. The minimum absolute atomic E-state index is 0.00441. The fourth-order valence-corrected chi connectivity index (χ4v) is 5.18. The second-order valence-corrected chi connectivity index (χ2v) is 9.34. The van der Waals surface area contributed by atoms with Crippen LogP contribution in [0, 0.1) is 5.92 Å². The number of carboxylic acids is 1. The van der Waals surface area contributed by atoms with Crippen molar-refractivity contribution in [2.24, 2.45) is 5.92 Å². The standard InChI is InChI=1S/C22H25N3O6S/c1-11-10-32-20-17(19(27)25(20)18(11)21(28)29)24-16(26)9-23-15-6-4-3-5-14(15)22(30)31-12(2)13-7-8-13/h3-6,12-13,17,20,23H,7-10H2,1-2H3,(H,24,26)(H,28,29)/t12?,17?,20-/m1/s1. The van der Waals surface area contributed by atoms with Gasteiger partial charge < -0.3 is 20.5 Å². The number of β-lactam (4-membered cyclic amide) rings is 1. The monoisotopic (exact) mass is 459 g/mol. The lowest BCUT2D eigenvalue weighted by molar-refractivity contribution is -0.150. The molecule has 32 heavy (non-hydrogen) atoms. The molecular formula is C22H25N3O6S. The first-order valence-electron chi connectivity index (χ1n) is 10.5. The number of carbonyl (C=O) groups excluding carboxylic acids is 3. The van der Waals surface area contributed by atoms with Crippen LogP contribution in [0.15, 0.2) is 35.5 Å². The van der Waals surface area contributed by atoms with E-state index in [1.165, 1.54) is 16.7 Å². The van der Waals surface area contributed by atoms with E-state index in [2.05, 4.69) is 10.6 Å². The molecule has 2 fully saturated rings. The molecule has 1 saturated heterocycles. The van der Waals surface area contributed by atoms with Crippen LogP contribution in [0.3, 0.4) is 0 Å². The molecule has 0 aromatic heterocycles. The van der Waals surface area contributed by atoms with Crippen LogP contribution in [0.1, 0.15) is 37.0 Å². The summed E-state index contributed by atoms with van der Waals surface area (Å²) in [4.78, 5) is 50.2. The van der Waals surface area contributed by atoms with Gasteiger partial charge in [-0.15, -0.1) is 11.8 Å². The summed E-state index contributed by atoms with van der Waals surface area (Å²) in [7, 11) is 0. The first-order chi connectivity index (χ1) is 15.3. The molecule has 4 rings (SSSR count). The van der Waals surface area contributed by atoms with Gasteiger partial charge in [0.05, 0.1) is 12.1 Å². The van der Waals surface area contributed by atoms with E-state index in [0.29, 0.717) is 28.5 Å². The maximum Gasteiger partial charge on any atom is 0.352 e. The lowest BCUT2D eigenvalue weighted by Gasteiger charge is -2.49. The molecule has 2 heterocycles. The van der Waals surface area contributed by atoms with Gasteiger partial charge >= 0.3 is 11.9 Å². The molecule has 0 spiro atoms. The average molecular weight is 460 g/mol. The number of esters is 1. The van der Waals surface area contributed by atoms with Gasteiger partial charge in [-0.1, -0.05) is 12.1 Å². The van der Waals surface area contributed by atoms with Crippen molar-refractivity contribution < 1.29 is 29.0 Å². The maximum absolute atomic E-state index is 12.5. The van der Waals surface area contributed by atoms with Gasteiger partial charge in [0, 0.05) is 11.4 Å². The van der Waals surface area contributed by atoms with E-state index in [4.69, 9.17) is 4.74 Å². The van der Waals surface area contributed by atoms with Gasteiger partial charge in [0.25, 0.3) is 5.91 Å². The van der Waals surface area contributed by atoms with Gasteiger partial charge in [-0.2, -0.15) is 0 Å². The summed E-state index contributed by atoms with van der Waals surface area (Å²) in [5.74, 6) is -1.56. The molecule has 0 radical (unpaired) electrons. The Morgan fingerprint density at radius 2 is 2.00 bits per heavy atom. The molecule has 3 N–H and O–H groups in total. The molecule has 3 aliphatic rings. The number of fused-ring (bicyclic) bond motifs is 1. The molecule has 0 bridgehead atoms. The van der Waals surface area contributed by atoms with Crippen LogP contribution < -0.4 is 10.6 Å². The molecule has 1 aromatic carbocycles. The summed E-state index contributed by atoms with van der Waals surface area (Å²) in [6, 6.07) is 6.01. The number of rotatable bonds is 8. The predicted molar refractivity (Wildman–Crippen MR) is 118 cm³/mol. The number of nitrogens with zero attached hydrogens (tertiary/aromatic N) is 1. The number of para-hydroxylation sites is 1. The molecule has 1 saturated carbocycles.